The van der Waals surface area contributed by atoms with E-state index in [-0.39, 0.29) is 55.2 Å². The molecule has 0 radical (unpaired) electrons. The Morgan fingerprint density at radius 1 is 0.974 bits per heavy atom. The first-order chi connectivity index (χ1) is 18.5. The molecule has 0 atom stereocenters. The van der Waals surface area contributed by atoms with E-state index in [1.54, 1.807) is 21.9 Å². The van der Waals surface area contributed by atoms with Gasteiger partial charge in [-0.2, -0.15) is 17.5 Å². The number of alkyl halides is 3. The van der Waals surface area contributed by atoms with Crippen LogP contribution in [0, 0.1) is 0 Å². The zero-order valence-electron chi connectivity index (χ0n) is 20.9. The Kier molecular flexibility index (Phi) is 7.82. The number of halogens is 3. The molecule has 0 spiro atoms. The summed E-state index contributed by atoms with van der Waals surface area (Å²) in [7, 11) is -3.80. The lowest BCUT2D eigenvalue weighted by molar-refractivity contribution is -0.137. The molecule has 3 heterocycles. The third-order valence-corrected chi connectivity index (χ3v) is 9.89. The van der Waals surface area contributed by atoms with Crippen LogP contribution in [0.25, 0.3) is 0 Å². The van der Waals surface area contributed by atoms with E-state index >= 15 is 0 Å². The molecule has 0 bridgehead atoms. The predicted molar refractivity (Wildman–Crippen MR) is 139 cm³/mol. The van der Waals surface area contributed by atoms with Crippen LogP contribution in [-0.2, 0) is 30.5 Å². The molecule has 2 aromatic carbocycles. The lowest BCUT2D eigenvalue weighted by atomic mass is 10.1. The average Bonchev–Trinajstić information content (AvgIpc) is 2.94. The molecule has 0 unspecified atom stereocenters. The number of morpholine rings is 1. The van der Waals surface area contributed by atoms with Gasteiger partial charge in [0.05, 0.1) is 35.1 Å². The van der Waals surface area contributed by atoms with E-state index in [9.17, 15) is 31.2 Å². The Balaban J connectivity index is 1.28. The van der Waals surface area contributed by atoms with Gasteiger partial charge in [0.1, 0.15) is 6.54 Å². The highest BCUT2D eigenvalue weighted by Gasteiger charge is 2.34. The Hall–Kier alpha value is -2.81. The highest BCUT2D eigenvalue weighted by molar-refractivity contribution is 8.00. The van der Waals surface area contributed by atoms with Crippen LogP contribution < -0.4 is 9.80 Å². The van der Waals surface area contributed by atoms with Crippen LogP contribution in [0.15, 0.2) is 52.3 Å². The maximum Gasteiger partial charge on any atom is 0.416 e. The topological polar surface area (TPSA) is 90.5 Å². The molecule has 210 valence electrons. The van der Waals surface area contributed by atoms with Crippen LogP contribution in [0.3, 0.4) is 0 Å². The number of nitrogens with zero attached hydrogens (tertiary/aromatic N) is 4. The zero-order valence-corrected chi connectivity index (χ0v) is 22.5. The van der Waals surface area contributed by atoms with Crippen LogP contribution in [-0.4, -0.2) is 94.2 Å². The number of piperazine rings is 1. The second kappa shape index (κ2) is 11.0. The van der Waals surface area contributed by atoms with Crippen molar-refractivity contribution in [3.05, 3.63) is 48.0 Å². The number of rotatable bonds is 5. The maximum absolute atomic E-state index is 13.2. The summed E-state index contributed by atoms with van der Waals surface area (Å²) < 4.78 is 72.2. The van der Waals surface area contributed by atoms with Crippen molar-refractivity contribution in [2.75, 3.05) is 74.6 Å². The first-order valence-electron chi connectivity index (χ1n) is 12.4. The number of amides is 2. The summed E-state index contributed by atoms with van der Waals surface area (Å²) >= 11 is 1.29. The van der Waals surface area contributed by atoms with Crippen molar-refractivity contribution in [3.63, 3.8) is 0 Å². The molecule has 0 aliphatic carbocycles. The molecule has 2 aromatic rings. The predicted octanol–water partition coefficient (Wildman–Crippen LogP) is 2.51. The van der Waals surface area contributed by atoms with Crippen molar-refractivity contribution in [3.8, 4) is 0 Å². The second-order valence-electron chi connectivity index (χ2n) is 9.33. The minimum atomic E-state index is -4.44. The normalized spacial score (nSPS) is 19.3. The van der Waals surface area contributed by atoms with Crippen LogP contribution in [0.2, 0.25) is 0 Å². The van der Waals surface area contributed by atoms with E-state index in [0.717, 1.165) is 12.1 Å². The third kappa shape index (κ3) is 5.88. The lowest BCUT2D eigenvalue weighted by Crippen LogP contribution is -2.52. The summed E-state index contributed by atoms with van der Waals surface area (Å²) in [5.41, 5.74) is 0.0817. The van der Waals surface area contributed by atoms with Gasteiger partial charge >= 0.3 is 6.18 Å². The van der Waals surface area contributed by atoms with E-state index in [0.29, 0.717) is 42.6 Å². The zero-order chi connectivity index (χ0) is 27.8. The SMILES string of the molecule is O=C(CN1C(=O)CSc2ccc(S(=O)(=O)N3CCOCC3)cc21)N1CCN(c2cccc(C(F)(F)F)c2)CC1. The number of carbonyl (C=O) groups excluding carboxylic acids is 2. The van der Waals surface area contributed by atoms with Gasteiger partial charge in [-0.25, -0.2) is 8.42 Å². The number of anilines is 2. The van der Waals surface area contributed by atoms with Gasteiger partial charge in [-0.15, -0.1) is 11.8 Å². The van der Waals surface area contributed by atoms with Crippen LogP contribution in [0.5, 0.6) is 0 Å². The van der Waals surface area contributed by atoms with Gasteiger partial charge in [0.2, 0.25) is 21.8 Å². The van der Waals surface area contributed by atoms with E-state index in [2.05, 4.69) is 0 Å². The lowest BCUT2D eigenvalue weighted by Gasteiger charge is -2.38. The molecule has 3 aliphatic heterocycles. The molecule has 2 saturated heterocycles. The molecule has 2 fully saturated rings. The number of hydrogen-bond donors (Lipinski definition) is 0. The van der Waals surface area contributed by atoms with Crippen molar-refractivity contribution in [2.45, 2.75) is 16.0 Å². The fraction of sp³-hybridized carbons (Fsp3) is 0.440. The molecule has 2 amide bonds. The van der Waals surface area contributed by atoms with Gasteiger partial charge in [0.25, 0.3) is 0 Å². The molecular formula is C25H27F3N4O5S2. The second-order valence-corrected chi connectivity index (χ2v) is 12.3. The monoisotopic (exact) mass is 584 g/mol. The highest BCUT2D eigenvalue weighted by atomic mass is 32.2. The minimum Gasteiger partial charge on any atom is -0.379 e. The number of fused-ring (bicyclic) bond motifs is 1. The fourth-order valence-electron chi connectivity index (χ4n) is 4.78. The van der Waals surface area contributed by atoms with E-state index < -0.39 is 21.8 Å². The molecule has 5 rings (SSSR count). The number of benzene rings is 2. The van der Waals surface area contributed by atoms with Gasteiger partial charge in [-0.3, -0.25) is 9.59 Å². The van der Waals surface area contributed by atoms with Crippen LogP contribution in [0.1, 0.15) is 5.56 Å². The van der Waals surface area contributed by atoms with Gasteiger partial charge in [0.15, 0.2) is 0 Å². The summed E-state index contributed by atoms with van der Waals surface area (Å²) in [6.45, 7) is 2.08. The molecule has 0 N–H and O–H groups in total. The molecule has 3 aliphatic rings. The third-order valence-electron chi connectivity index (χ3n) is 6.95. The highest BCUT2D eigenvalue weighted by Crippen LogP contribution is 2.38. The molecule has 39 heavy (non-hydrogen) atoms. The number of hydrogen-bond acceptors (Lipinski definition) is 7. The average molecular weight is 585 g/mol. The summed E-state index contributed by atoms with van der Waals surface area (Å²) in [5, 5.41) is 0. The Labute approximate surface area is 228 Å². The van der Waals surface area contributed by atoms with Gasteiger partial charge in [0, 0.05) is 49.9 Å². The molecule has 0 saturated carbocycles. The minimum absolute atomic E-state index is 0.0469. The van der Waals surface area contributed by atoms with Crippen LogP contribution >= 0.6 is 11.8 Å². The van der Waals surface area contributed by atoms with Gasteiger partial charge in [-0.1, -0.05) is 6.07 Å². The number of ether oxygens (including phenoxy) is 1. The van der Waals surface area contributed by atoms with Crippen molar-refractivity contribution in [1.82, 2.24) is 9.21 Å². The largest absolute Gasteiger partial charge is 0.416 e. The first-order valence-corrected chi connectivity index (χ1v) is 14.8. The quantitative estimate of drug-likeness (QED) is 0.534. The summed E-state index contributed by atoms with van der Waals surface area (Å²) in [6, 6.07) is 9.71. The van der Waals surface area contributed by atoms with E-state index in [1.165, 1.54) is 39.2 Å². The molecule has 14 heteroatoms. The summed E-state index contributed by atoms with van der Waals surface area (Å²) in [6.07, 6.45) is -4.44. The first kappa shape index (κ1) is 27.7. The summed E-state index contributed by atoms with van der Waals surface area (Å²) in [5.74, 6) is -0.491. The Bertz CT molecular complexity index is 1360. The van der Waals surface area contributed by atoms with Crippen molar-refractivity contribution >= 4 is 45.0 Å². The Morgan fingerprint density at radius 2 is 1.69 bits per heavy atom. The maximum atomic E-state index is 13.2. The van der Waals surface area contributed by atoms with Gasteiger partial charge in [-0.05, 0) is 36.4 Å². The van der Waals surface area contributed by atoms with Crippen molar-refractivity contribution in [2.24, 2.45) is 0 Å². The van der Waals surface area contributed by atoms with Crippen molar-refractivity contribution < 1.29 is 35.9 Å². The molecule has 9 nitrogen and oxygen atoms in total. The Morgan fingerprint density at radius 3 is 2.38 bits per heavy atom. The van der Waals surface area contributed by atoms with E-state index in [4.69, 9.17) is 4.74 Å². The number of carbonyl (C=O) groups is 2. The standard InChI is InChI=1S/C25H27F3N4O5S2/c26-25(27,28)18-2-1-3-19(14-18)29-6-8-30(9-7-29)23(33)16-32-21-15-20(4-5-22(21)38-17-24(32)34)39(35,36)31-10-12-37-13-11-31/h1-5,14-15H,6-13,16-17H2. The molecular weight excluding hydrogens is 557 g/mol. The summed E-state index contributed by atoms with van der Waals surface area (Å²) in [4.78, 5) is 31.5. The smallest absolute Gasteiger partial charge is 0.379 e. The van der Waals surface area contributed by atoms with Crippen LogP contribution in [0.4, 0.5) is 24.5 Å². The number of sulfonamides is 1. The van der Waals surface area contributed by atoms with Crippen molar-refractivity contribution in [1.29, 1.82) is 0 Å². The van der Waals surface area contributed by atoms with Gasteiger partial charge < -0.3 is 19.4 Å². The fourth-order valence-corrected chi connectivity index (χ4v) is 7.12. The number of thioether (sulfide) groups is 1. The molecule has 0 aromatic heterocycles. The van der Waals surface area contributed by atoms with E-state index in [1.807, 2.05) is 0 Å².